The van der Waals surface area contributed by atoms with E-state index in [9.17, 15) is 24.6 Å². The van der Waals surface area contributed by atoms with Gasteiger partial charge in [-0.2, -0.15) is 0 Å². The molecule has 1 aliphatic carbocycles. The second-order valence-electron chi connectivity index (χ2n) is 14.2. The minimum absolute atomic E-state index is 0.0372. The summed E-state index contributed by atoms with van der Waals surface area (Å²) in [5.41, 5.74) is -1.25. The van der Waals surface area contributed by atoms with E-state index in [1.165, 1.54) is 0 Å². The molecule has 244 valence electrons. The van der Waals surface area contributed by atoms with Gasteiger partial charge < -0.3 is 25.6 Å². The SMILES string of the molecule is CCCCCCC1C=CC(CCCCCCCC(C)=O)C(C(=O)NC(C)(C)C(C)CO)C1C(=O)NC(C)(C)C(C)CO. The number of rotatable bonds is 21. The first kappa shape index (κ1) is 38.3. The minimum atomic E-state index is -0.628. The lowest BCUT2D eigenvalue weighted by molar-refractivity contribution is -0.141. The quantitative estimate of drug-likeness (QED) is 0.0915. The first-order valence-corrected chi connectivity index (χ1v) is 16.7. The van der Waals surface area contributed by atoms with E-state index >= 15 is 0 Å². The van der Waals surface area contributed by atoms with Gasteiger partial charge in [-0.15, -0.1) is 0 Å². The van der Waals surface area contributed by atoms with Crippen LogP contribution in [0.15, 0.2) is 12.2 Å². The van der Waals surface area contributed by atoms with Gasteiger partial charge in [0, 0.05) is 42.5 Å². The Balaban J connectivity index is 3.31. The number of hydrogen-bond acceptors (Lipinski definition) is 5. The largest absolute Gasteiger partial charge is 0.396 e. The number of ketones is 1. The maximum Gasteiger partial charge on any atom is 0.224 e. The van der Waals surface area contributed by atoms with Crippen molar-refractivity contribution < 1.29 is 24.6 Å². The van der Waals surface area contributed by atoms with Crippen LogP contribution < -0.4 is 10.6 Å². The molecule has 4 N–H and O–H groups in total. The van der Waals surface area contributed by atoms with Crippen LogP contribution in [0.4, 0.5) is 0 Å². The van der Waals surface area contributed by atoms with Crippen LogP contribution in [0.25, 0.3) is 0 Å². The van der Waals surface area contributed by atoms with E-state index in [4.69, 9.17) is 0 Å². The molecule has 1 aliphatic rings. The van der Waals surface area contributed by atoms with E-state index < -0.39 is 22.9 Å². The second kappa shape index (κ2) is 18.8. The number of allylic oxidation sites excluding steroid dienone is 2. The van der Waals surface area contributed by atoms with Gasteiger partial charge in [-0.05, 0) is 65.7 Å². The number of nitrogens with one attached hydrogen (secondary N) is 2. The summed E-state index contributed by atoms with van der Waals surface area (Å²) in [4.78, 5) is 39.6. The fraction of sp³-hybridized carbons (Fsp3) is 0.857. The third-order valence-corrected chi connectivity index (χ3v) is 9.88. The molecule has 2 amide bonds. The molecule has 1 rings (SSSR count). The van der Waals surface area contributed by atoms with Crippen LogP contribution in [0.2, 0.25) is 0 Å². The Labute approximate surface area is 257 Å². The molecule has 6 atom stereocenters. The molecule has 6 unspecified atom stereocenters. The van der Waals surface area contributed by atoms with Crippen LogP contribution in [0.1, 0.15) is 132 Å². The molecule has 0 aromatic rings. The Morgan fingerprint density at radius 3 is 1.45 bits per heavy atom. The van der Waals surface area contributed by atoms with Crippen molar-refractivity contribution in [2.45, 2.75) is 144 Å². The lowest BCUT2D eigenvalue weighted by atomic mass is 9.66. The summed E-state index contributed by atoms with van der Waals surface area (Å²) in [5.74, 6) is -1.43. The average Bonchev–Trinajstić information content (AvgIpc) is 2.92. The molecule has 0 aliphatic heterocycles. The molecule has 0 heterocycles. The summed E-state index contributed by atoms with van der Waals surface area (Å²) in [5, 5.41) is 26.1. The predicted molar refractivity (Wildman–Crippen MR) is 172 cm³/mol. The minimum Gasteiger partial charge on any atom is -0.396 e. The summed E-state index contributed by atoms with van der Waals surface area (Å²) in [6, 6.07) is 0. The number of unbranched alkanes of at least 4 members (excludes halogenated alkanes) is 7. The van der Waals surface area contributed by atoms with Crippen molar-refractivity contribution in [2.75, 3.05) is 13.2 Å². The fourth-order valence-electron chi connectivity index (χ4n) is 5.92. The number of hydrogen-bond donors (Lipinski definition) is 4. The number of carbonyl (C=O) groups excluding carboxylic acids is 3. The normalized spacial score (nSPS) is 22.4. The number of amides is 2. The molecule has 7 heteroatoms. The van der Waals surface area contributed by atoms with Crippen LogP contribution in [0, 0.1) is 35.5 Å². The van der Waals surface area contributed by atoms with Gasteiger partial charge in [0.15, 0.2) is 0 Å². The van der Waals surface area contributed by atoms with Crippen molar-refractivity contribution >= 4 is 17.6 Å². The highest BCUT2D eigenvalue weighted by Crippen LogP contribution is 2.41. The van der Waals surface area contributed by atoms with Gasteiger partial charge in [0.2, 0.25) is 11.8 Å². The van der Waals surface area contributed by atoms with E-state index in [1.807, 2.05) is 41.5 Å². The number of Topliss-reactive ketones (excluding diaryl/α,β-unsaturated/α-hetero) is 1. The van der Waals surface area contributed by atoms with Gasteiger partial charge in [0.1, 0.15) is 5.78 Å². The third-order valence-electron chi connectivity index (χ3n) is 9.88. The predicted octanol–water partition coefficient (Wildman–Crippen LogP) is 6.36. The zero-order valence-corrected chi connectivity index (χ0v) is 28.1. The van der Waals surface area contributed by atoms with Crippen LogP contribution >= 0.6 is 0 Å². The number of aliphatic hydroxyl groups is 2. The van der Waals surface area contributed by atoms with Crippen LogP contribution in [-0.4, -0.2) is 52.1 Å². The van der Waals surface area contributed by atoms with Crippen LogP contribution in [0.3, 0.4) is 0 Å². The fourth-order valence-corrected chi connectivity index (χ4v) is 5.92. The topological polar surface area (TPSA) is 116 Å². The second-order valence-corrected chi connectivity index (χ2v) is 14.2. The smallest absolute Gasteiger partial charge is 0.224 e. The van der Waals surface area contributed by atoms with Crippen LogP contribution in [-0.2, 0) is 14.4 Å². The van der Waals surface area contributed by atoms with Gasteiger partial charge in [-0.1, -0.05) is 84.3 Å². The van der Waals surface area contributed by atoms with E-state index in [2.05, 4.69) is 29.7 Å². The van der Waals surface area contributed by atoms with E-state index in [0.29, 0.717) is 6.42 Å². The molecule has 0 aromatic heterocycles. The van der Waals surface area contributed by atoms with Crippen molar-refractivity contribution in [3.05, 3.63) is 12.2 Å². The highest BCUT2D eigenvalue weighted by molar-refractivity contribution is 5.89. The standard InChI is InChI=1S/C35H64N2O5/c1-9-10-11-16-19-28-21-22-29(20-17-14-12-13-15-18-27(4)40)31(33(42)37-35(7,8)26(3)24-39)30(28)32(41)36-34(5,6)25(2)23-38/h21-22,25-26,28-31,38-39H,9-20,23-24H2,1-8H3,(H,36,41)(H,37,42). The molecule has 0 radical (unpaired) electrons. The Morgan fingerprint density at radius 1 is 0.690 bits per heavy atom. The van der Waals surface area contributed by atoms with Gasteiger partial charge in [-0.3, -0.25) is 9.59 Å². The molecule has 0 spiro atoms. The molecule has 0 saturated heterocycles. The zero-order valence-electron chi connectivity index (χ0n) is 28.1. The highest BCUT2D eigenvalue weighted by Gasteiger charge is 2.46. The highest BCUT2D eigenvalue weighted by atomic mass is 16.3. The van der Waals surface area contributed by atoms with E-state index in [-0.39, 0.29) is 54.5 Å². The lowest BCUT2D eigenvalue weighted by Gasteiger charge is -2.43. The van der Waals surface area contributed by atoms with Crippen LogP contribution in [0.5, 0.6) is 0 Å². The van der Waals surface area contributed by atoms with Crippen molar-refractivity contribution in [1.29, 1.82) is 0 Å². The van der Waals surface area contributed by atoms with E-state index in [0.717, 1.165) is 70.6 Å². The van der Waals surface area contributed by atoms with Gasteiger partial charge in [-0.25, -0.2) is 0 Å². The summed E-state index contributed by atoms with van der Waals surface area (Å²) in [6.07, 6.45) is 16.1. The Morgan fingerprint density at radius 2 is 1.07 bits per heavy atom. The summed E-state index contributed by atoms with van der Waals surface area (Å²) < 4.78 is 0. The molecule has 0 saturated carbocycles. The molecular formula is C35H64N2O5. The molecule has 0 fully saturated rings. The molecular weight excluding hydrogens is 528 g/mol. The lowest BCUT2D eigenvalue weighted by Crippen LogP contribution is -2.58. The number of carbonyl (C=O) groups is 3. The Bertz CT molecular complexity index is 852. The van der Waals surface area contributed by atoms with Gasteiger partial charge >= 0.3 is 0 Å². The van der Waals surface area contributed by atoms with Gasteiger partial charge in [0.05, 0.1) is 11.8 Å². The Kier molecular flexibility index (Phi) is 17.2. The average molecular weight is 593 g/mol. The summed E-state index contributed by atoms with van der Waals surface area (Å²) in [7, 11) is 0. The van der Waals surface area contributed by atoms with Crippen molar-refractivity contribution in [3.63, 3.8) is 0 Å². The number of aliphatic hydroxyl groups excluding tert-OH is 2. The van der Waals surface area contributed by atoms with Crippen molar-refractivity contribution in [2.24, 2.45) is 35.5 Å². The van der Waals surface area contributed by atoms with Gasteiger partial charge in [0.25, 0.3) is 0 Å². The molecule has 42 heavy (non-hydrogen) atoms. The zero-order chi connectivity index (χ0) is 31.9. The summed E-state index contributed by atoms with van der Waals surface area (Å²) >= 11 is 0. The molecule has 0 aromatic carbocycles. The first-order valence-electron chi connectivity index (χ1n) is 16.7. The molecule has 7 nitrogen and oxygen atoms in total. The monoisotopic (exact) mass is 592 g/mol. The molecule has 0 bridgehead atoms. The Hall–Kier alpha value is -1.73. The first-order chi connectivity index (χ1) is 19.7. The summed E-state index contributed by atoms with van der Waals surface area (Å²) in [6.45, 7) is 15.3. The maximum absolute atomic E-state index is 14.2. The van der Waals surface area contributed by atoms with E-state index in [1.54, 1.807) is 6.92 Å². The maximum atomic E-state index is 14.2. The van der Waals surface area contributed by atoms with Crippen molar-refractivity contribution in [3.8, 4) is 0 Å². The van der Waals surface area contributed by atoms with Crippen molar-refractivity contribution in [1.82, 2.24) is 10.6 Å². The third kappa shape index (κ3) is 12.5.